The number of para-hydroxylation sites is 1. The summed E-state index contributed by atoms with van der Waals surface area (Å²) in [5, 5.41) is 4.12. The summed E-state index contributed by atoms with van der Waals surface area (Å²) in [5.41, 5.74) is 1.80. The maximum Gasteiger partial charge on any atom is 0.221 e. The minimum absolute atomic E-state index is 0.0456. The van der Waals surface area contributed by atoms with E-state index in [2.05, 4.69) is 5.32 Å². The standard InChI is InChI=1S/C22H19NO3/c24-21(13-12-18-10-6-14-25-18)23-22(16-7-2-1-3-8-16)20-15-17-9-4-5-11-19(17)26-20/h1-11,14-15,22H,12-13H2,(H,23,24)/t22-/m0/s1. The third kappa shape index (κ3) is 3.54. The third-order valence-corrected chi connectivity index (χ3v) is 4.35. The van der Waals surface area contributed by atoms with Crippen molar-refractivity contribution in [3.63, 3.8) is 0 Å². The molecule has 0 aliphatic rings. The van der Waals surface area contributed by atoms with Gasteiger partial charge in [0, 0.05) is 18.2 Å². The minimum atomic E-state index is -0.326. The Labute approximate surface area is 151 Å². The van der Waals surface area contributed by atoms with Crippen molar-refractivity contribution >= 4 is 16.9 Å². The number of furan rings is 2. The Balaban J connectivity index is 1.57. The fourth-order valence-corrected chi connectivity index (χ4v) is 3.03. The molecule has 1 amide bonds. The van der Waals surface area contributed by atoms with E-state index in [0.717, 1.165) is 28.1 Å². The summed E-state index contributed by atoms with van der Waals surface area (Å²) in [5.74, 6) is 1.49. The van der Waals surface area contributed by atoms with Crippen LogP contribution in [0.15, 0.2) is 87.9 Å². The second kappa shape index (κ2) is 7.31. The fourth-order valence-electron chi connectivity index (χ4n) is 3.03. The van der Waals surface area contributed by atoms with Gasteiger partial charge in [-0.25, -0.2) is 0 Å². The number of fused-ring (bicyclic) bond motifs is 1. The van der Waals surface area contributed by atoms with Crippen LogP contribution in [0.1, 0.15) is 29.5 Å². The summed E-state index contributed by atoms with van der Waals surface area (Å²) in [4.78, 5) is 12.5. The van der Waals surface area contributed by atoms with Crippen molar-refractivity contribution in [3.05, 3.63) is 96.1 Å². The summed E-state index contributed by atoms with van der Waals surface area (Å²) < 4.78 is 11.3. The zero-order valence-corrected chi connectivity index (χ0v) is 14.2. The van der Waals surface area contributed by atoms with E-state index in [1.165, 1.54) is 0 Å². The first-order chi connectivity index (χ1) is 12.8. The summed E-state index contributed by atoms with van der Waals surface area (Å²) in [7, 11) is 0. The molecule has 4 rings (SSSR count). The Kier molecular flexibility index (Phi) is 4.56. The van der Waals surface area contributed by atoms with Gasteiger partial charge in [0.1, 0.15) is 23.1 Å². The lowest BCUT2D eigenvalue weighted by Crippen LogP contribution is -2.29. The summed E-state index contributed by atoms with van der Waals surface area (Å²) in [6.07, 6.45) is 2.55. The molecule has 0 fully saturated rings. The molecular weight excluding hydrogens is 326 g/mol. The van der Waals surface area contributed by atoms with E-state index < -0.39 is 0 Å². The van der Waals surface area contributed by atoms with Crippen LogP contribution < -0.4 is 5.32 Å². The molecule has 0 saturated carbocycles. The first kappa shape index (κ1) is 16.2. The first-order valence-electron chi connectivity index (χ1n) is 8.65. The number of carbonyl (C=O) groups excluding carboxylic acids is 1. The highest BCUT2D eigenvalue weighted by Crippen LogP contribution is 2.28. The first-order valence-corrected chi connectivity index (χ1v) is 8.65. The largest absolute Gasteiger partial charge is 0.469 e. The molecule has 1 atom stereocenters. The molecule has 0 bridgehead atoms. The second-order valence-electron chi connectivity index (χ2n) is 6.18. The van der Waals surface area contributed by atoms with Gasteiger partial charge in [-0.15, -0.1) is 0 Å². The number of carbonyl (C=O) groups is 1. The van der Waals surface area contributed by atoms with Crippen LogP contribution in [0, 0.1) is 0 Å². The third-order valence-electron chi connectivity index (χ3n) is 4.35. The molecule has 0 radical (unpaired) electrons. The molecule has 1 N–H and O–H groups in total. The number of rotatable bonds is 6. The van der Waals surface area contributed by atoms with Gasteiger partial charge in [-0.1, -0.05) is 48.5 Å². The molecule has 130 valence electrons. The summed E-state index contributed by atoms with van der Waals surface area (Å²) in [6.45, 7) is 0. The molecule has 0 aliphatic carbocycles. The van der Waals surface area contributed by atoms with Gasteiger partial charge < -0.3 is 14.2 Å². The lowest BCUT2D eigenvalue weighted by molar-refractivity contribution is -0.121. The lowest BCUT2D eigenvalue weighted by atomic mass is 10.0. The quantitative estimate of drug-likeness (QED) is 0.543. The normalized spacial score (nSPS) is 12.2. The molecule has 0 spiro atoms. The van der Waals surface area contributed by atoms with Crippen LogP contribution in [0.3, 0.4) is 0 Å². The molecule has 2 heterocycles. The van der Waals surface area contributed by atoms with Gasteiger partial charge >= 0.3 is 0 Å². The van der Waals surface area contributed by atoms with Crippen molar-refractivity contribution in [2.75, 3.05) is 0 Å². The van der Waals surface area contributed by atoms with Crippen molar-refractivity contribution in [1.82, 2.24) is 5.32 Å². The smallest absolute Gasteiger partial charge is 0.221 e. The highest BCUT2D eigenvalue weighted by Gasteiger charge is 2.20. The number of amides is 1. The van der Waals surface area contributed by atoms with Crippen LogP contribution in [0.2, 0.25) is 0 Å². The van der Waals surface area contributed by atoms with E-state index in [9.17, 15) is 4.79 Å². The molecule has 4 nitrogen and oxygen atoms in total. The van der Waals surface area contributed by atoms with E-state index in [-0.39, 0.29) is 11.9 Å². The van der Waals surface area contributed by atoms with E-state index in [1.54, 1.807) is 6.26 Å². The average molecular weight is 345 g/mol. The van der Waals surface area contributed by atoms with Crippen molar-refractivity contribution in [2.45, 2.75) is 18.9 Å². The maximum absolute atomic E-state index is 12.5. The topological polar surface area (TPSA) is 55.4 Å². The van der Waals surface area contributed by atoms with Gasteiger partial charge in [-0.05, 0) is 29.8 Å². The molecule has 2 aromatic carbocycles. The molecule has 0 saturated heterocycles. The van der Waals surface area contributed by atoms with E-state index in [0.29, 0.717) is 12.8 Å². The zero-order chi connectivity index (χ0) is 17.8. The lowest BCUT2D eigenvalue weighted by Gasteiger charge is -2.17. The van der Waals surface area contributed by atoms with Gasteiger partial charge in [-0.3, -0.25) is 4.79 Å². The van der Waals surface area contributed by atoms with Crippen LogP contribution in [0.25, 0.3) is 11.0 Å². The highest BCUT2D eigenvalue weighted by atomic mass is 16.3. The zero-order valence-electron chi connectivity index (χ0n) is 14.2. The van der Waals surface area contributed by atoms with Crippen molar-refractivity contribution in [3.8, 4) is 0 Å². The SMILES string of the molecule is O=C(CCc1ccco1)N[C@@H](c1ccccc1)c1cc2ccccc2o1. The van der Waals surface area contributed by atoms with Crippen LogP contribution in [-0.4, -0.2) is 5.91 Å². The van der Waals surface area contributed by atoms with Crippen molar-refractivity contribution in [2.24, 2.45) is 0 Å². The number of hydrogen-bond donors (Lipinski definition) is 1. The molecule has 26 heavy (non-hydrogen) atoms. The van der Waals surface area contributed by atoms with Gasteiger partial charge in [0.15, 0.2) is 0 Å². The molecule has 2 aromatic heterocycles. The summed E-state index contributed by atoms with van der Waals surface area (Å²) in [6, 6.07) is 23.1. The fraction of sp³-hybridized carbons (Fsp3) is 0.136. The van der Waals surface area contributed by atoms with Gasteiger partial charge in [0.2, 0.25) is 5.91 Å². The average Bonchev–Trinajstić information content (AvgIpc) is 3.34. The monoisotopic (exact) mass is 345 g/mol. The molecule has 4 heteroatoms. The number of aryl methyl sites for hydroxylation is 1. The predicted molar refractivity (Wildman–Crippen MR) is 99.7 cm³/mol. The maximum atomic E-state index is 12.5. The van der Waals surface area contributed by atoms with Crippen LogP contribution in [-0.2, 0) is 11.2 Å². The molecule has 4 aromatic rings. The van der Waals surface area contributed by atoms with Crippen LogP contribution >= 0.6 is 0 Å². The number of benzene rings is 2. The van der Waals surface area contributed by atoms with E-state index in [1.807, 2.05) is 72.8 Å². The second-order valence-corrected chi connectivity index (χ2v) is 6.18. The van der Waals surface area contributed by atoms with Gasteiger partial charge in [0.25, 0.3) is 0 Å². The Morgan fingerprint density at radius 3 is 2.54 bits per heavy atom. The highest BCUT2D eigenvalue weighted by molar-refractivity contribution is 5.79. The number of hydrogen-bond acceptors (Lipinski definition) is 3. The van der Waals surface area contributed by atoms with Gasteiger partial charge in [0.05, 0.1) is 6.26 Å². The van der Waals surface area contributed by atoms with Crippen LogP contribution in [0.4, 0.5) is 0 Å². The minimum Gasteiger partial charge on any atom is -0.469 e. The van der Waals surface area contributed by atoms with Crippen molar-refractivity contribution in [1.29, 1.82) is 0 Å². The molecule has 0 aliphatic heterocycles. The Bertz CT molecular complexity index is 954. The van der Waals surface area contributed by atoms with E-state index in [4.69, 9.17) is 8.83 Å². The molecular formula is C22H19NO3. The summed E-state index contributed by atoms with van der Waals surface area (Å²) >= 11 is 0. The Morgan fingerprint density at radius 1 is 0.962 bits per heavy atom. The Hall–Kier alpha value is -3.27. The molecule has 0 unspecified atom stereocenters. The van der Waals surface area contributed by atoms with Crippen molar-refractivity contribution < 1.29 is 13.6 Å². The van der Waals surface area contributed by atoms with Crippen LogP contribution in [0.5, 0.6) is 0 Å². The predicted octanol–water partition coefficient (Wildman–Crippen LogP) is 4.86. The number of nitrogens with one attached hydrogen (secondary N) is 1. The van der Waals surface area contributed by atoms with Gasteiger partial charge in [-0.2, -0.15) is 0 Å². The van der Waals surface area contributed by atoms with E-state index >= 15 is 0 Å². The Morgan fingerprint density at radius 2 is 1.77 bits per heavy atom.